The van der Waals surface area contributed by atoms with Gasteiger partial charge in [0.1, 0.15) is 35.2 Å². The Morgan fingerprint density at radius 2 is 1.97 bits per heavy atom. The van der Waals surface area contributed by atoms with E-state index in [1.807, 2.05) is 5.32 Å². The molecule has 3 aromatic rings. The first-order chi connectivity index (χ1) is 17.0. The number of ether oxygens (including phenoxy) is 3. The maximum atomic E-state index is 14.3. The Hall–Kier alpha value is -3.96. The van der Waals surface area contributed by atoms with Crippen LogP contribution < -0.4 is 15.4 Å². The number of hydrogen-bond acceptors (Lipinski definition) is 8. The molecular weight excluding hydrogens is 476 g/mol. The van der Waals surface area contributed by atoms with Crippen molar-refractivity contribution in [1.82, 2.24) is 19.9 Å². The SMILES string of the molecule is CCOC(=O)c1cnn2ccc(N[C@H](C)c3cc(F)ccc3OC[C@@H](F)NC(=O)OC(C)(C)C)nc12. The lowest BCUT2D eigenvalue weighted by Crippen LogP contribution is -2.39. The molecule has 0 spiro atoms. The number of benzene rings is 1. The lowest BCUT2D eigenvalue weighted by atomic mass is 10.1. The van der Waals surface area contributed by atoms with Crippen LogP contribution in [0.3, 0.4) is 0 Å². The van der Waals surface area contributed by atoms with Crippen molar-refractivity contribution in [1.29, 1.82) is 0 Å². The fraction of sp³-hybridized carbons (Fsp3) is 0.417. The number of amides is 1. The van der Waals surface area contributed by atoms with Gasteiger partial charge in [-0.05, 0) is 58.9 Å². The monoisotopic (exact) mass is 505 g/mol. The van der Waals surface area contributed by atoms with Crippen LogP contribution >= 0.6 is 0 Å². The molecule has 194 valence electrons. The van der Waals surface area contributed by atoms with Crippen LogP contribution in [0.4, 0.5) is 19.4 Å². The molecule has 1 aromatic carbocycles. The number of esters is 1. The number of carbonyl (C=O) groups is 2. The van der Waals surface area contributed by atoms with Crippen LogP contribution in [-0.2, 0) is 9.47 Å². The molecule has 3 rings (SSSR count). The minimum atomic E-state index is -1.85. The zero-order valence-corrected chi connectivity index (χ0v) is 20.7. The van der Waals surface area contributed by atoms with Crippen molar-refractivity contribution < 1.29 is 32.6 Å². The molecule has 0 saturated carbocycles. The number of rotatable bonds is 9. The van der Waals surface area contributed by atoms with Crippen molar-refractivity contribution in [2.45, 2.75) is 52.6 Å². The highest BCUT2D eigenvalue weighted by Gasteiger charge is 2.21. The highest BCUT2D eigenvalue weighted by molar-refractivity contribution is 5.95. The zero-order chi connectivity index (χ0) is 26.5. The van der Waals surface area contributed by atoms with Gasteiger partial charge in [0.05, 0.1) is 18.8 Å². The number of anilines is 1. The number of aromatic nitrogens is 3. The first-order valence-electron chi connectivity index (χ1n) is 11.3. The number of nitrogens with one attached hydrogen (secondary N) is 2. The van der Waals surface area contributed by atoms with Gasteiger partial charge < -0.3 is 19.5 Å². The summed E-state index contributed by atoms with van der Waals surface area (Å²) in [5, 5.41) is 9.25. The molecule has 0 aliphatic heterocycles. The zero-order valence-electron chi connectivity index (χ0n) is 20.7. The van der Waals surface area contributed by atoms with Gasteiger partial charge in [-0.25, -0.2) is 27.9 Å². The largest absolute Gasteiger partial charge is 0.488 e. The molecule has 0 fully saturated rings. The number of carbonyl (C=O) groups excluding carboxylic acids is 2. The molecule has 10 nitrogen and oxygen atoms in total. The quantitative estimate of drug-likeness (QED) is 0.324. The minimum Gasteiger partial charge on any atom is -0.488 e. The van der Waals surface area contributed by atoms with Crippen LogP contribution in [0.5, 0.6) is 5.75 Å². The van der Waals surface area contributed by atoms with Crippen LogP contribution in [0.2, 0.25) is 0 Å². The van der Waals surface area contributed by atoms with Gasteiger partial charge in [0.2, 0.25) is 6.30 Å². The van der Waals surface area contributed by atoms with Gasteiger partial charge in [-0.3, -0.25) is 5.32 Å². The Morgan fingerprint density at radius 3 is 2.67 bits per heavy atom. The molecule has 0 radical (unpaired) electrons. The third kappa shape index (κ3) is 7.03. The standard InChI is InChI=1S/C24H29F2N5O5/c1-6-34-22(32)17-12-27-31-10-9-20(30-21(17)31)28-14(2)16-11-15(25)7-8-18(16)35-13-19(26)29-23(33)36-24(3,4)5/h7-12,14,19H,6,13H2,1-5H3,(H,28,30)(H,29,33)/t14-,19+/m1/s1. The van der Waals surface area contributed by atoms with Gasteiger partial charge in [-0.1, -0.05) is 0 Å². The topological polar surface area (TPSA) is 116 Å². The molecule has 2 atom stereocenters. The van der Waals surface area contributed by atoms with E-state index in [4.69, 9.17) is 14.2 Å². The summed E-state index contributed by atoms with van der Waals surface area (Å²) < 4.78 is 45.3. The Morgan fingerprint density at radius 1 is 1.22 bits per heavy atom. The number of alkyl halides is 1. The summed E-state index contributed by atoms with van der Waals surface area (Å²) in [5.41, 5.74) is 0.102. The van der Waals surface area contributed by atoms with Gasteiger partial charge in [0.25, 0.3) is 0 Å². The minimum absolute atomic E-state index is 0.203. The van der Waals surface area contributed by atoms with Gasteiger partial charge in [0, 0.05) is 11.8 Å². The van der Waals surface area contributed by atoms with Crippen molar-refractivity contribution in [3.8, 4) is 5.75 Å². The molecule has 36 heavy (non-hydrogen) atoms. The second kappa shape index (κ2) is 11.2. The highest BCUT2D eigenvalue weighted by Crippen LogP contribution is 2.29. The van der Waals surface area contributed by atoms with E-state index in [1.54, 1.807) is 46.9 Å². The van der Waals surface area contributed by atoms with Crippen LogP contribution in [0.15, 0.2) is 36.7 Å². The lowest BCUT2D eigenvalue weighted by Gasteiger charge is -2.22. The Labute approximate surface area is 206 Å². The third-order valence-corrected chi connectivity index (χ3v) is 4.73. The van der Waals surface area contributed by atoms with Crippen LogP contribution in [0, 0.1) is 5.82 Å². The average molecular weight is 506 g/mol. The third-order valence-electron chi connectivity index (χ3n) is 4.73. The maximum absolute atomic E-state index is 14.3. The molecule has 2 heterocycles. The smallest absolute Gasteiger partial charge is 0.410 e. The van der Waals surface area contributed by atoms with E-state index in [0.29, 0.717) is 11.4 Å². The lowest BCUT2D eigenvalue weighted by molar-refractivity contribution is 0.0411. The van der Waals surface area contributed by atoms with Gasteiger partial charge >= 0.3 is 12.1 Å². The summed E-state index contributed by atoms with van der Waals surface area (Å²) in [4.78, 5) is 28.3. The fourth-order valence-electron chi connectivity index (χ4n) is 3.23. The van der Waals surface area contributed by atoms with Crippen molar-refractivity contribution >= 4 is 23.5 Å². The first kappa shape index (κ1) is 26.6. The fourth-order valence-corrected chi connectivity index (χ4v) is 3.23. The number of alkyl carbamates (subject to hydrolysis) is 1. The Kier molecular flexibility index (Phi) is 8.28. The molecule has 2 N–H and O–H groups in total. The van der Waals surface area contributed by atoms with Gasteiger partial charge in [-0.2, -0.15) is 5.10 Å². The summed E-state index contributed by atoms with van der Waals surface area (Å²) in [6, 6.07) is 4.91. The number of fused-ring (bicyclic) bond motifs is 1. The Bertz CT molecular complexity index is 1230. The molecular formula is C24H29F2N5O5. The van der Waals surface area contributed by atoms with E-state index in [1.165, 1.54) is 28.9 Å². The van der Waals surface area contributed by atoms with Crippen LogP contribution in [-0.4, -0.2) is 51.8 Å². The summed E-state index contributed by atoms with van der Waals surface area (Å²) in [7, 11) is 0. The van der Waals surface area contributed by atoms with E-state index in [0.717, 1.165) is 0 Å². The van der Waals surface area contributed by atoms with Crippen molar-refractivity contribution in [3.05, 3.63) is 53.6 Å². The molecule has 2 aromatic heterocycles. The molecule has 0 saturated heterocycles. The molecule has 1 amide bonds. The van der Waals surface area contributed by atoms with Crippen LogP contribution in [0.1, 0.15) is 56.6 Å². The predicted octanol–water partition coefficient (Wildman–Crippen LogP) is 4.42. The summed E-state index contributed by atoms with van der Waals surface area (Å²) in [6.45, 7) is 8.10. The summed E-state index contributed by atoms with van der Waals surface area (Å²) in [5.74, 6) is -0.473. The normalized spacial score (nSPS) is 13.1. The molecule has 0 unspecified atom stereocenters. The number of halogens is 2. The second-order valence-electron chi connectivity index (χ2n) is 8.83. The van der Waals surface area contributed by atoms with E-state index < -0.39 is 42.4 Å². The van der Waals surface area contributed by atoms with Crippen molar-refractivity contribution in [2.75, 3.05) is 18.5 Å². The number of nitrogens with zero attached hydrogens (tertiary/aromatic N) is 3. The van der Waals surface area contributed by atoms with Crippen LogP contribution in [0.25, 0.3) is 5.65 Å². The van der Waals surface area contributed by atoms with E-state index in [-0.39, 0.29) is 23.6 Å². The number of hydrogen-bond donors (Lipinski definition) is 2. The molecule has 12 heteroatoms. The van der Waals surface area contributed by atoms with E-state index >= 15 is 0 Å². The van der Waals surface area contributed by atoms with E-state index in [9.17, 15) is 18.4 Å². The highest BCUT2D eigenvalue weighted by atomic mass is 19.1. The maximum Gasteiger partial charge on any atom is 0.410 e. The summed E-state index contributed by atoms with van der Waals surface area (Å²) >= 11 is 0. The van der Waals surface area contributed by atoms with E-state index in [2.05, 4.69) is 15.4 Å². The molecule has 0 aliphatic carbocycles. The first-order valence-corrected chi connectivity index (χ1v) is 11.3. The van der Waals surface area contributed by atoms with Crippen molar-refractivity contribution in [3.63, 3.8) is 0 Å². The Balaban J connectivity index is 1.72. The van der Waals surface area contributed by atoms with Gasteiger partial charge in [0.15, 0.2) is 5.65 Å². The molecule has 0 aliphatic rings. The molecule has 0 bridgehead atoms. The second-order valence-corrected chi connectivity index (χ2v) is 8.83. The predicted molar refractivity (Wildman–Crippen MR) is 127 cm³/mol. The average Bonchev–Trinajstić information content (AvgIpc) is 3.20. The summed E-state index contributed by atoms with van der Waals surface area (Å²) in [6.07, 6.45) is 0.203. The van der Waals surface area contributed by atoms with Crippen molar-refractivity contribution in [2.24, 2.45) is 0 Å². The van der Waals surface area contributed by atoms with Gasteiger partial charge in [-0.15, -0.1) is 0 Å².